The number of ether oxygens (including phenoxy) is 1. The van der Waals surface area contributed by atoms with Crippen LogP contribution in [0, 0.1) is 17.0 Å². The minimum absolute atomic E-state index is 0.0225. The predicted octanol–water partition coefficient (Wildman–Crippen LogP) is 2.21. The van der Waals surface area contributed by atoms with Gasteiger partial charge in [0.2, 0.25) is 10.0 Å². The fourth-order valence-electron chi connectivity index (χ4n) is 3.20. The van der Waals surface area contributed by atoms with Crippen LogP contribution >= 0.6 is 0 Å². The highest BCUT2D eigenvalue weighted by Crippen LogP contribution is 2.26. The third-order valence-electron chi connectivity index (χ3n) is 4.88. The Balaban J connectivity index is 1.61. The Morgan fingerprint density at radius 2 is 1.77 bits per heavy atom. The maximum atomic E-state index is 12.9. The number of amides is 1. The Labute approximate surface area is 175 Å². The number of hydrogen-bond donors (Lipinski definition) is 0. The highest BCUT2D eigenvalue weighted by Gasteiger charge is 2.28. The molecule has 0 aliphatic carbocycles. The largest absolute Gasteiger partial charge is 0.477 e. The van der Waals surface area contributed by atoms with Crippen molar-refractivity contribution >= 4 is 21.6 Å². The van der Waals surface area contributed by atoms with Gasteiger partial charge in [0.15, 0.2) is 12.4 Å². The van der Waals surface area contributed by atoms with Gasteiger partial charge in [-0.15, -0.1) is 0 Å². The summed E-state index contributed by atoms with van der Waals surface area (Å²) in [6, 6.07) is 12.5. The molecule has 1 aliphatic rings. The first kappa shape index (κ1) is 21.7. The number of nitrogens with zero attached hydrogens (tertiary/aromatic N) is 3. The van der Waals surface area contributed by atoms with E-state index in [1.165, 1.54) is 27.4 Å². The lowest BCUT2D eigenvalue weighted by molar-refractivity contribution is -0.385. The molecule has 0 N–H and O–H groups in total. The minimum atomic E-state index is -3.63. The number of sulfonamides is 1. The summed E-state index contributed by atoms with van der Waals surface area (Å²) in [5.74, 6) is -0.322. The van der Waals surface area contributed by atoms with E-state index in [1.54, 1.807) is 30.3 Å². The molecule has 1 fully saturated rings. The van der Waals surface area contributed by atoms with Gasteiger partial charge in [-0.1, -0.05) is 29.8 Å². The van der Waals surface area contributed by atoms with Gasteiger partial charge >= 0.3 is 5.69 Å². The first-order chi connectivity index (χ1) is 14.3. The van der Waals surface area contributed by atoms with Crippen LogP contribution in [0.4, 0.5) is 5.69 Å². The van der Waals surface area contributed by atoms with E-state index in [9.17, 15) is 23.3 Å². The zero-order chi connectivity index (χ0) is 21.7. The minimum Gasteiger partial charge on any atom is -0.477 e. The smallest absolute Gasteiger partial charge is 0.310 e. The van der Waals surface area contributed by atoms with Gasteiger partial charge in [0.05, 0.1) is 9.82 Å². The van der Waals surface area contributed by atoms with Gasteiger partial charge in [0.25, 0.3) is 5.91 Å². The highest BCUT2D eigenvalue weighted by atomic mass is 32.2. The normalized spacial score (nSPS) is 15.4. The molecule has 0 spiro atoms. The molecule has 0 aromatic heterocycles. The summed E-state index contributed by atoms with van der Waals surface area (Å²) in [6.45, 7) is 2.63. The fraction of sp³-hybridized carbons (Fsp3) is 0.350. The Bertz CT molecular complexity index is 1020. The van der Waals surface area contributed by atoms with Crippen molar-refractivity contribution in [2.45, 2.75) is 18.2 Å². The number of para-hydroxylation sites is 2. The molecule has 160 valence electrons. The van der Waals surface area contributed by atoms with Crippen LogP contribution in [0.2, 0.25) is 0 Å². The van der Waals surface area contributed by atoms with Crippen LogP contribution in [-0.2, 0) is 14.8 Å². The number of aryl methyl sites for hydroxylation is 1. The number of nitro groups is 1. The second kappa shape index (κ2) is 9.23. The average Bonchev–Trinajstić information content (AvgIpc) is 2.99. The average molecular weight is 433 g/mol. The van der Waals surface area contributed by atoms with Gasteiger partial charge < -0.3 is 9.64 Å². The lowest BCUT2D eigenvalue weighted by Gasteiger charge is -2.22. The monoisotopic (exact) mass is 433 g/mol. The van der Waals surface area contributed by atoms with Crippen LogP contribution in [-0.4, -0.2) is 61.2 Å². The lowest BCUT2D eigenvalue weighted by atomic mass is 10.2. The van der Waals surface area contributed by atoms with E-state index in [4.69, 9.17) is 4.74 Å². The number of carbonyl (C=O) groups excluding carboxylic acids is 1. The van der Waals surface area contributed by atoms with Gasteiger partial charge in [-0.3, -0.25) is 14.9 Å². The molecule has 0 atom stereocenters. The highest BCUT2D eigenvalue weighted by molar-refractivity contribution is 7.89. The Kier molecular flexibility index (Phi) is 6.68. The summed E-state index contributed by atoms with van der Waals surface area (Å²) in [6.07, 6.45) is 0.488. The molecule has 2 aromatic rings. The molecule has 1 saturated heterocycles. The Hall–Kier alpha value is -2.98. The van der Waals surface area contributed by atoms with Crippen LogP contribution < -0.4 is 4.74 Å². The summed E-state index contributed by atoms with van der Waals surface area (Å²) in [7, 11) is -3.63. The second-order valence-corrected chi connectivity index (χ2v) is 8.90. The van der Waals surface area contributed by atoms with E-state index in [1.807, 2.05) is 6.92 Å². The fourth-order valence-corrected chi connectivity index (χ4v) is 4.67. The molecule has 0 radical (unpaired) electrons. The third kappa shape index (κ3) is 4.95. The van der Waals surface area contributed by atoms with E-state index < -0.39 is 14.9 Å². The quantitative estimate of drug-likeness (QED) is 0.510. The molecular weight excluding hydrogens is 410 g/mol. The van der Waals surface area contributed by atoms with Crippen LogP contribution in [0.15, 0.2) is 53.4 Å². The molecule has 0 unspecified atom stereocenters. The summed E-state index contributed by atoms with van der Waals surface area (Å²) < 4.78 is 32.5. The van der Waals surface area contributed by atoms with Gasteiger partial charge in [-0.2, -0.15) is 4.31 Å². The van der Waals surface area contributed by atoms with Crippen LogP contribution in [0.5, 0.6) is 5.75 Å². The molecule has 1 amide bonds. The summed E-state index contributed by atoms with van der Waals surface area (Å²) in [4.78, 5) is 24.8. The zero-order valence-electron chi connectivity index (χ0n) is 16.6. The molecule has 1 aliphatic heterocycles. The molecule has 2 aromatic carbocycles. The predicted molar refractivity (Wildman–Crippen MR) is 110 cm³/mol. The molecule has 0 bridgehead atoms. The second-order valence-electron chi connectivity index (χ2n) is 6.96. The number of benzene rings is 2. The number of carbonyl (C=O) groups is 1. The zero-order valence-corrected chi connectivity index (χ0v) is 17.4. The first-order valence-electron chi connectivity index (χ1n) is 9.50. The van der Waals surface area contributed by atoms with E-state index >= 15 is 0 Å². The van der Waals surface area contributed by atoms with Gasteiger partial charge in [-0.25, -0.2) is 8.42 Å². The number of hydrogen-bond acceptors (Lipinski definition) is 6. The summed E-state index contributed by atoms with van der Waals surface area (Å²) in [5, 5.41) is 11.0. The Morgan fingerprint density at radius 1 is 1.07 bits per heavy atom. The van der Waals surface area contributed by atoms with Gasteiger partial charge in [0, 0.05) is 32.2 Å². The molecule has 9 nitrogen and oxygen atoms in total. The SMILES string of the molecule is Cc1ccc(S(=O)(=O)N2CCCN(C(=O)COc3ccccc3[N+](=O)[O-])CC2)cc1. The molecule has 1 heterocycles. The molecule has 0 saturated carbocycles. The summed E-state index contributed by atoms with van der Waals surface area (Å²) in [5.41, 5.74) is 0.761. The van der Waals surface area contributed by atoms with Gasteiger partial charge in [-0.05, 0) is 31.5 Å². The first-order valence-corrected chi connectivity index (χ1v) is 10.9. The summed E-state index contributed by atoms with van der Waals surface area (Å²) >= 11 is 0. The molecule has 30 heavy (non-hydrogen) atoms. The maximum absolute atomic E-state index is 12.9. The Morgan fingerprint density at radius 3 is 2.47 bits per heavy atom. The van der Waals surface area contributed by atoms with Crippen molar-refractivity contribution in [3.8, 4) is 5.75 Å². The topological polar surface area (TPSA) is 110 Å². The van der Waals surface area contributed by atoms with Crippen molar-refractivity contribution in [1.29, 1.82) is 0 Å². The molecule has 10 heteroatoms. The van der Waals surface area contributed by atoms with Crippen LogP contribution in [0.3, 0.4) is 0 Å². The van der Waals surface area contributed by atoms with Crippen molar-refractivity contribution in [3.05, 3.63) is 64.2 Å². The molecular formula is C20H23N3O6S. The van der Waals surface area contributed by atoms with E-state index in [0.717, 1.165) is 5.56 Å². The molecule has 3 rings (SSSR count). The van der Waals surface area contributed by atoms with E-state index in [0.29, 0.717) is 19.5 Å². The van der Waals surface area contributed by atoms with E-state index in [2.05, 4.69) is 0 Å². The standard InChI is InChI=1S/C20H23N3O6S/c1-16-7-9-17(10-8-16)30(27,28)22-12-4-11-21(13-14-22)20(24)15-29-19-6-3-2-5-18(19)23(25)26/h2-3,5-10H,4,11-15H2,1H3. The van der Waals surface area contributed by atoms with Crippen molar-refractivity contribution in [2.75, 3.05) is 32.8 Å². The number of nitro benzene ring substituents is 1. The van der Waals surface area contributed by atoms with Crippen molar-refractivity contribution in [3.63, 3.8) is 0 Å². The van der Waals surface area contributed by atoms with Crippen molar-refractivity contribution in [2.24, 2.45) is 0 Å². The maximum Gasteiger partial charge on any atom is 0.310 e. The lowest BCUT2D eigenvalue weighted by Crippen LogP contribution is -2.39. The number of rotatable bonds is 6. The van der Waals surface area contributed by atoms with Crippen molar-refractivity contribution in [1.82, 2.24) is 9.21 Å². The van der Waals surface area contributed by atoms with Crippen molar-refractivity contribution < 1.29 is 22.9 Å². The van der Waals surface area contributed by atoms with Crippen LogP contribution in [0.25, 0.3) is 0 Å². The third-order valence-corrected chi connectivity index (χ3v) is 6.79. The van der Waals surface area contributed by atoms with Gasteiger partial charge in [0.1, 0.15) is 0 Å². The van der Waals surface area contributed by atoms with Crippen LogP contribution in [0.1, 0.15) is 12.0 Å². The van der Waals surface area contributed by atoms with E-state index in [-0.39, 0.29) is 41.9 Å².